The Bertz CT molecular complexity index is 865. The van der Waals surface area contributed by atoms with Crippen LogP contribution in [0, 0.1) is 5.82 Å². The largest absolute Gasteiger partial charge is 0.493 e. The normalized spacial score (nSPS) is 10.4. The van der Waals surface area contributed by atoms with E-state index in [1.54, 1.807) is 0 Å². The summed E-state index contributed by atoms with van der Waals surface area (Å²) in [7, 11) is 1.38. The lowest BCUT2D eigenvalue weighted by Crippen LogP contribution is -2.32. The summed E-state index contributed by atoms with van der Waals surface area (Å²) in [4.78, 5) is 33.6. The molecular formula is C17H14FN3O5. The number of nitrogens with zero attached hydrogens (tertiary/aromatic N) is 1. The van der Waals surface area contributed by atoms with Crippen molar-refractivity contribution in [2.24, 2.45) is 10.8 Å². The van der Waals surface area contributed by atoms with Gasteiger partial charge in [-0.05, 0) is 48.0 Å². The molecule has 134 valence electrons. The fraction of sp³-hybridized carbons (Fsp3) is 0.0588. The molecule has 9 heteroatoms. The monoisotopic (exact) mass is 359 g/mol. The highest BCUT2D eigenvalue weighted by molar-refractivity contribution is 6.34. The minimum Gasteiger partial charge on any atom is -0.493 e. The molecule has 0 aliphatic carbocycles. The quantitative estimate of drug-likeness (QED) is 0.271. The maximum atomic E-state index is 12.9. The summed E-state index contributed by atoms with van der Waals surface area (Å²) in [6.07, 6.45) is 1.24. The van der Waals surface area contributed by atoms with Crippen molar-refractivity contribution in [2.75, 3.05) is 7.11 Å². The summed E-state index contributed by atoms with van der Waals surface area (Å²) in [6, 6.07) is 9.38. The van der Waals surface area contributed by atoms with Crippen molar-refractivity contribution < 1.29 is 28.2 Å². The van der Waals surface area contributed by atoms with Crippen LogP contribution in [0.3, 0.4) is 0 Å². The molecule has 26 heavy (non-hydrogen) atoms. The zero-order chi connectivity index (χ0) is 19.1. The smallest absolute Gasteiger partial charge is 0.343 e. The Morgan fingerprint density at radius 1 is 1.12 bits per heavy atom. The molecule has 2 rings (SSSR count). The minimum absolute atomic E-state index is 0.139. The van der Waals surface area contributed by atoms with E-state index in [1.807, 2.05) is 5.43 Å². The second-order valence-electron chi connectivity index (χ2n) is 4.87. The van der Waals surface area contributed by atoms with Gasteiger partial charge in [-0.25, -0.2) is 14.6 Å². The van der Waals surface area contributed by atoms with Crippen LogP contribution in [0.25, 0.3) is 0 Å². The minimum atomic E-state index is -1.16. The molecule has 0 fully saturated rings. The van der Waals surface area contributed by atoms with Crippen molar-refractivity contribution in [2.45, 2.75) is 0 Å². The number of halogens is 1. The first-order chi connectivity index (χ1) is 12.4. The number of ether oxygens (including phenoxy) is 2. The first-order valence-electron chi connectivity index (χ1n) is 7.19. The highest BCUT2D eigenvalue weighted by Crippen LogP contribution is 2.28. The number of amides is 2. The first-order valence-corrected chi connectivity index (χ1v) is 7.19. The molecule has 0 unspecified atom stereocenters. The Balaban J connectivity index is 2.11. The zero-order valence-corrected chi connectivity index (χ0v) is 13.6. The van der Waals surface area contributed by atoms with Gasteiger partial charge in [-0.15, -0.1) is 0 Å². The van der Waals surface area contributed by atoms with Crippen molar-refractivity contribution in [1.82, 2.24) is 5.43 Å². The third-order valence-corrected chi connectivity index (χ3v) is 3.07. The van der Waals surface area contributed by atoms with Gasteiger partial charge in [0, 0.05) is 0 Å². The fourth-order valence-corrected chi connectivity index (χ4v) is 1.81. The molecular weight excluding hydrogens is 345 g/mol. The van der Waals surface area contributed by atoms with Gasteiger partial charge < -0.3 is 15.2 Å². The Morgan fingerprint density at radius 2 is 1.81 bits per heavy atom. The van der Waals surface area contributed by atoms with Crippen LogP contribution in [-0.4, -0.2) is 31.1 Å². The van der Waals surface area contributed by atoms with E-state index < -0.39 is 23.6 Å². The van der Waals surface area contributed by atoms with Crippen molar-refractivity contribution in [3.63, 3.8) is 0 Å². The molecule has 0 bridgehead atoms. The van der Waals surface area contributed by atoms with Gasteiger partial charge in [-0.1, -0.05) is 0 Å². The lowest BCUT2D eigenvalue weighted by molar-refractivity contribution is -0.137. The van der Waals surface area contributed by atoms with Crippen LogP contribution in [-0.2, 0) is 9.59 Å². The number of methoxy groups -OCH3 is 1. The van der Waals surface area contributed by atoms with Crippen molar-refractivity contribution in [1.29, 1.82) is 0 Å². The van der Waals surface area contributed by atoms with E-state index in [2.05, 4.69) is 5.10 Å². The number of primary amides is 1. The predicted molar refractivity (Wildman–Crippen MR) is 89.3 cm³/mol. The molecule has 0 saturated carbocycles. The summed E-state index contributed by atoms with van der Waals surface area (Å²) in [5.74, 6) is -3.00. The van der Waals surface area contributed by atoms with Crippen LogP contribution in [0.5, 0.6) is 11.5 Å². The number of carbonyl (C=O) groups is 3. The Hall–Kier alpha value is -3.75. The molecule has 0 saturated heterocycles. The second kappa shape index (κ2) is 8.38. The average molecular weight is 359 g/mol. The SMILES string of the molecule is COc1cc(/C=N\NC(=O)C(N)=O)ccc1OC(=O)c1ccc(F)cc1. The summed E-state index contributed by atoms with van der Waals surface area (Å²) in [5, 5.41) is 3.56. The topological polar surface area (TPSA) is 120 Å². The molecule has 0 heterocycles. The summed E-state index contributed by atoms with van der Waals surface area (Å²) < 4.78 is 23.3. The van der Waals surface area contributed by atoms with Gasteiger partial charge in [0.15, 0.2) is 11.5 Å². The van der Waals surface area contributed by atoms with Crippen molar-refractivity contribution >= 4 is 24.0 Å². The first kappa shape index (κ1) is 18.6. The van der Waals surface area contributed by atoms with Gasteiger partial charge >= 0.3 is 17.8 Å². The molecule has 2 amide bonds. The van der Waals surface area contributed by atoms with E-state index in [9.17, 15) is 18.8 Å². The highest BCUT2D eigenvalue weighted by Gasteiger charge is 2.13. The number of nitrogens with two attached hydrogens (primary N) is 1. The maximum Gasteiger partial charge on any atom is 0.343 e. The van der Waals surface area contributed by atoms with E-state index in [0.717, 1.165) is 12.1 Å². The van der Waals surface area contributed by atoms with Gasteiger partial charge in [-0.3, -0.25) is 9.59 Å². The number of hydrazone groups is 1. The predicted octanol–water partition coefficient (Wildman–Crippen LogP) is 0.989. The van der Waals surface area contributed by atoms with Crippen LogP contribution in [0.2, 0.25) is 0 Å². The number of rotatable bonds is 5. The second-order valence-corrected chi connectivity index (χ2v) is 4.87. The van der Waals surface area contributed by atoms with Gasteiger partial charge in [0.25, 0.3) is 0 Å². The molecule has 0 spiro atoms. The average Bonchev–Trinajstić information content (AvgIpc) is 2.63. The van der Waals surface area contributed by atoms with Crippen LogP contribution < -0.4 is 20.6 Å². The summed E-state index contributed by atoms with van der Waals surface area (Å²) in [5.41, 5.74) is 7.38. The van der Waals surface area contributed by atoms with E-state index in [0.29, 0.717) is 5.56 Å². The lowest BCUT2D eigenvalue weighted by Gasteiger charge is -2.10. The third kappa shape index (κ3) is 4.87. The van der Waals surface area contributed by atoms with E-state index in [-0.39, 0.29) is 17.1 Å². The van der Waals surface area contributed by atoms with Crippen molar-refractivity contribution in [3.05, 3.63) is 59.4 Å². The number of carbonyl (C=O) groups excluding carboxylic acids is 3. The van der Waals surface area contributed by atoms with Crippen LogP contribution in [0.1, 0.15) is 15.9 Å². The molecule has 0 atom stereocenters. The molecule has 0 radical (unpaired) electrons. The molecule has 2 aromatic rings. The Morgan fingerprint density at radius 3 is 2.42 bits per heavy atom. The molecule has 3 N–H and O–H groups in total. The number of hydrogen-bond acceptors (Lipinski definition) is 6. The highest BCUT2D eigenvalue weighted by atomic mass is 19.1. The van der Waals surface area contributed by atoms with Gasteiger partial charge in [0.05, 0.1) is 18.9 Å². The molecule has 0 aromatic heterocycles. The van der Waals surface area contributed by atoms with Gasteiger partial charge in [0.1, 0.15) is 5.82 Å². The number of nitrogens with one attached hydrogen (secondary N) is 1. The molecule has 8 nitrogen and oxygen atoms in total. The lowest BCUT2D eigenvalue weighted by atomic mass is 10.2. The molecule has 0 aliphatic rings. The summed E-state index contributed by atoms with van der Waals surface area (Å²) >= 11 is 0. The number of esters is 1. The van der Waals surface area contributed by atoms with Crippen LogP contribution >= 0.6 is 0 Å². The standard InChI is InChI=1S/C17H14FN3O5/c1-25-14-8-10(9-20-21-16(23)15(19)22)2-7-13(14)26-17(24)11-3-5-12(18)6-4-11/h2-9H,1H3,(H2,19,22)(H,21,23)/b20-9-. The van der Waals surface area contributed by atoms with E-state index in [1.165, 1.54) is 43.7 Å². The summed E-state index contributed by atoms with van der Waals surface area (Å²) in [6.45, 7) is 0. The number of hydrogen-bond donors (Lipinski definition) is 2. The Labute approximate surface area is 147 Å². The molecule has 2 aromatic carbocycles. The van der Waals surface area contributed by atoms with Gasteiger partial charge in [-0.2, -0.15) is 5.10 Å². The molecule has 0 aliphatic heterocycles. The maximum absolute atomic E-state index is 12.9. The van der Waals surface area contributed by atoms with Crippen LogP contribution in [0.15, 0.2) is 47.6 Å². The fourth-order valence-electron chi connectivity index (χ4n) is 1.81. The van der Waals surface area contributed by atoms with E-state index in [4.69, 9.17) is 15.2 Å². The van der Waals surface area contributed by atoms with E-state index >= 15 is 0 Å². The van der Waals surface area contributed by atoms with Crippen LogP contribution in [0.4, 0.5) is 4.39 Å². The zero-order valence-electron chi connectivity index (χ0n) is 13.6. The Kier molecular flexibility index (Phi) is 5.99. The number of benzene rings is 2. The third-order valence-electron chi connectivity index (χ3n) is 3.07. The van der Waals surface area contributed by atoms with Crippen molar-refractivity contribution in [3.8, 4) is 11.5 Å². The van der Waals surface area contributed by atoms with Gasteiger partial charge in [0.2, 0.25) is 0 Å².